The van der Waals surface area contributed by atoms with Crippen LogP contribution in [0, 0.1) is 5.41 Å². The zero-order valence-corrected chi connectivity index (χ0v) is 12.3. The summed E-state index contributed by atoms with van der Waals surface area (Å²) in [4.78, 5) is 52.2. The second-order valence-corrected chi connectivity index (χ2v) is 5.72. The minimum atomic E-state index is -2.57. The van der Waals surface area contributed by atoms with Crippen molar-refractivity contribution in [1.29, 1.82) is 0 Å². The maximum atomic E-state index is 8.69. The molecule has 110 valence electrons. The molecule has 0 aliphatic heterocycles. The highest BCUT2D eigenvalue weighted by atomic mass is 31.2. The Hall–Kier alpha value is 0.930. The zero-order valence-electron chi connectivity index (χ0n) is 9.58. The minimum Gasteiger partial charge on any atom is -0.328 e. The highest BCUT2D eigenvalue weighted by molar-refractivity contribution is 7.39. The highest BCUT2D eigenvalue weighted by Gasteiger charge is 2.33. The summed E-state index contributed by atoms with van der Waals surface area (Å²) in [6.07, 6.45) is 0.364. The molecule has 0 aromatic carbocycles. The molecular formula is C6H17O9P3. The van der Waals surface area contributed by atoms with Gasteiger partial charge in [0.25, 0.3) is 0 Å². The molecule has 12 heteroatoms. The van der Waals surface area contributed by atoms with Crippen LogP contribution in [-0.2, 0) is 13.6 Å². The molecule has 0 radical (unpaired) electrons. The molecule has 0 amide bonds. The Labute approximate surface area is 108 Å². The number of rotatable bonds is 10. The summed E-state index contributed by atoms with van der Waals surface area (Å²) in [5.74, 6) is 0. The molecule has 0 atom stereocenters. The smallest absolute Gasteiger partial charge is 0.327 e. The Kier molecular flexibility index (Phi) is 10.3. The van der Waals surface area contributed by atoms with Gasteiger partial charge >= 0.3 is 25.8 Å². The third kappa shape index (κ3) is 8.93. The van der Waals surface area contributed by atoms with Crippen molar-refractivity contribution in [3.05, 3.63) is 0 Å². The molecule has 9 nitrogen and oxygen atoms in total. The van der Waals surface area contributed by atoms with Crippen LogP contribution < -0.4 is 0 Å². The molecule has 6 N–H and O–H groups in total. The Bertz CT molecular complexity index is 183. The molecule has 0 saturated carbocycles. The number of hydrogen-bond donors (Lipinski definition) is 6. The van der Waals surface area contributed by atoms with Gasteiger partial charge < -0.3 is 42.9 Å². The fourth-order valence-electron chi connectivity index (χ4n) is 1.02. The van der Waals surface area contributed by atoms with E-state index in [1.54, 1.807) is 6.92 Å². The van der Waals surface area contributed by atoms with E-state index in [1.807, 2.05) is 0 Å². The molecule has 0 bridgehead atoms. The van der Waals surface area contributed by atoms with Crippen LogP contribution in [0.2, 0.25) is 0 Å². The Balaban J connectivity index is 4.49. The molecule has 18 heavy (non-hydrogen) atoms. The summed E-state index contributed by atoms with van der Waals surface area (Å²) < 4.78 is 14.0. The van der Waals surface area contributed by atoms with Gasteiger partial charge in [0.05, 0.1) is 19.8 Å². The van der Waals surface area contributed by atoms with E-state index in [4.69, 9.17) is 29.4 Å². The average molecular weight is 326 g/mol. The quantitative estimate of drug-likeness (QED) is 0.307. The van der Waals surface area contributed by atoms with Gasteiger partial charge in [-0.25, -0.2) is 0 Å². The largest absolute Gasteiger partial charge is 0.328 e. The predicted octanol–water partition coefficient (Wildman–Crippen LogP) is 0.0671. The molecule has 0 aliphatic carbocycles. The first kappa shape index (κ1) is 18.9. The maximum Gasteiger partial charge on any atom is 0.327 e. The summed E-state index contributed by atoms with van der Waals surface area (Å²) >= 11 is 0. The standard InChI is InChI=1S/C6H17O9P3/c1-2-6(3-13-16(7)8,4-14-17(9)10)5-15-18(11)12/h7-12H,2-5H2,1H3. The van der Waals surface area contributed by atoms with E-state index in [0.29, 0.717) is 6.42 Å². The lowest BCUT2D eigenvalue weighted by Gasteiger charge is -2.31. The summed E-state index contributed by atoms with van der Waals surface area (Å²) in [6, 6.07) is 0. The fourth-order valence-corrected chi connectivity index (χ4v) is 2.18. The summed E-state index contributed by atoms with van der Waals surface area (Å²) in [6.45, 7) is 1.11. The third-order valence-corrected chi connectivity index (χ3v) is 3.29. The lowest BCUT2D eigenvalue weighted by molar-refractivity contribution is 0.0184. The summed E-state index contributed by atoms with van der Waals surface area (Å²) in [5.41, 5.74) is -0.940. The molecule has 0 saturated heterocycles. The van der Waals surface area contributed by atoms with E-state index in [-0.39, 0.29) is 19.8 Å². The van der Waals surface area contributed by atoms with Crippen LogP contribution in [0.3, 0.4) is 0 Å². The van der Waals surface area contributed by atoms with Crippen molar-refractivity contribution in [3.8, 4) is 0 Å². The van der Waals surface area contributed by atoms with Crippen LogP contribution in [0.5, 0.6) is 0 Å². The van der Waals surface area contributed by atoms with Gasteiger partial charge in [-0.15, -0.1) is 0 Å². The van der Waals surface area contributed by atoms with E-state index >= 15 is 0 Å². The van der Waals surface area contributed by atoms with Gasteiger partial charge in [0.15, 0.2) is 0 Å². The fraction of sp³-hybridized carbons (Fsp3) is 1.00. The van der Waals surface area contributed by atoms with Crippen LogP contribution in [0.15, 0.2) is 0 Å². The van der Waals surface area contributed by atoms with Crippen LogP contribution in [-0.4, -0.2) is 49.2 Å². The molecule has 0 fully saturated rings. The van der Waals surface area contributed by atoms with Gasteiger partial charge in [0, 0.05) is 5.41 Å². The van der Waals surface area contributed by atoms with Gasteiger partial charge in [-0.05, 0) is 6.42 Å². The van der Waals surface area contributed by atoms with Crippen molar-refractivity contribution < 1.29 is 42.9 Å². The highest BCUT2D eigenvalue weighted by Crippen LogP contribution is 2.38. The topological polar surface area (TPSA) is 149 Å². The number of hydrogen-bond acceptors (Lipinski definition) is 9. The molecule has 0 aromatic heterocycles. The molecule has 0 aliphatic rings. The van der Waals surface area contributed by atoms with E-state index in [0.717, 1.165) is 0 Å². The summed E-state index contributed by atoms with van der Waals surface area (Å²) in [7, 11) is -7.72. The van der Waals surface area contributed by atoms with Gasteiger partial charge in [-0.2, -0.15) is 0 Å². The second kappa shape index (κ2) is 9.77. The first-order chi connectivity index (χ1) is 8.31. The Morgan fingerprint density at radius 1 is 0.722 bits per heavy atom. The first-order valence-corrected chi connectivity index (χ1v) is 8.23. The zero-order chi connectivity index (χ0) is 14.2. The van der Waals surface area contributed by atoms with E-state index in [9.17, 15) is 0 Å². The predicted molar refractivity (Wildman–Crippen MR) is 64.7 cm³/mol. The van der Waals surface area contributed by atoms with Gasteiger partial charge in [-0.1, -0.05) is 6.92 Å². The molecule has 0 unspecified atom stereocenters. The van der Waals surface area contributed by atoms with Crippen molar-refractivity contribution >= 4 is 25.8 Å². The van der Waals surface area contributed by atoms with E-state index < -0.39 is 31.2 Å². The minimum absolute atomic E-state index is 0.200. The van der Waals surface area contributed by atoms with Crippen molar-refractivity contribution in [1.82, 2.24) is 0 Å². The molecule has 0 spiro atoms. The SMILES string of the molecule is CCC(COP(O)O)(COP(O)O)COP(O)O. The van der Waals surface area contributed by atoms with Crippen molar-refractivity contribution in [2.45, 2.75) is 13.3 Å². The van der Waals surface area contributed by atoms with Gasteiger partial charge in [-0.3, -0.25) is 0 Å². The van der Waals surface area contributed by atoms with Crippen molar-refractivity contribution in [3.63, 3.8) is 0 Å². The normalized spacial score (nSPS) is 13.0. The van der Waals surface area contributed by atoms with Crippen LogP contribution >= 0.6 is 25.8 Å². The van der Waals surface area contributed by atoms with E-state index in [2.05, 4.69) is 13.6 Å². The van der Waals surface area contributed by atoms with Gasteiger partial charge in [0.2, 0.25) is 0 Å². The van der Waals surface area contributed by atoms with Crippen LogP contribution in [0.1, 0.15) is 13.3 Å². The molecule has 0 rings (SSSR count). The van der Waals surface area contributed by atoms with E-state index in [1.165, 1.54) is 0 Å². The van der Waals surface area contributed by atoms with Crippen molar-refractivity contribution in [2.75, 3.05) is 19.8 Å². The lowest BCUT2D eigenvalue weighted by Crippen LogP contribution is -2.35. The van der Waals surface area contributed by atoms with Crippen LogP contribution in [0.25, 0.3) is 0 Å². The average Bonchev–Trinajstić information content (AvgIpc) is 2.28. The summed E-state index contributed by atoms with van der Waals surface area (Å²) in [5, 5.41) is 0. The molecule has 0 heterocycles. The molecule has 0 aromatic rings. The van der Waals surface area contributed by atoms with Crippen molar-refractivity contribution in [2.24, 2.45) is 5.41 Å². The lowest BCUT2D eigenvalue weighted by atomic mass is 9.88. The monoisotopic (exact) mass is 326 g/mol. The maximum absolute atomic E-state index is 8.69. The van der Waals surface area contributed by atoms with Gasteiger partial charge in [0.1, 0.15) is 0 Å². The molecular weight excluding hydrogens is 309 g/mol. The second-order valence-electron chi connectivity index (χ2n) is 3.43. The Morgan fingerprint density at radius 3 is 1.17 bits per heavy atom. The third-order valence-electron chi connectivity index (χ3n) is 2.21. The van der Waals surface area contributed by atoms with Crippen LogP contribution in [0.4, 0.5) is 0 Å². The Morgan fingerprint density at radius 2 is 1.00 bits per heavy atom. The first-order valence-electron chi connectivity index (χ1n) is 4.74.